The number of nitrogens with two attached hydrogens (primary N) is 1. The molecule has 2 N–H and O–H groups in total. The van der Waals surface area contributed by atoms with Crippen LogP contribution in [0.2, 0.25) is 0 Å². The Bertz CT molecular complexity index is 349. The van der Waals surface area contributed by atoms with Crippen LogP contribution < -0.4 is 10.6 Å². The van der Waals surface area contributed by atoms with Gasteiger partial charge in [-0.2, -0.15) is 4.98 Å². The van der Waals surface area contributed by atoms with Crippen LogP contribution in [0.1, 0.15) is 31.4 Å². The molecule has 0 saturated carbocycles. The number of nitrogen functional groups attached to an aromatic ring is 1. The molecule has 1 aliphatic heterocycles. The number of anilines is 2. The van der Waals surface area contributed by atoms with Gasteiger partial charge in [0.2, 0.25) is 5.95 Å². The fourth-order valence-corrected chi connectivity index (χ4v) is 1.98. The Hall–Kier alpha value is -1.39. The van der Waals surface area contributed by atoms with Crippen LogP contribution in [0.25, 0.3) is 0 Å². The smallest absolute Gasteiger partial charge is 0.227 e. The fourth-order valence-electron chi connectivity index (χ4n) is 1.98. The highest BCUT2D eigenvalue weighted by atomic mass is 19.1. The Morgan fingerprint density at radius 3 is 2.31 bits per heavy atom. The van der Waals surface area contributed by atoms with Crippen molar-refractivity contribution in [1.82, 2.24) is 9.97 Å². The molecule has 5 heteroatoms. The normalized spacial score (nSPS) is 17.2. The van der Waals surface area contributed by atoms with Gasteiger partial charge in [0.1, 0.15) is 0 Å². The molecule has 0 amide bonds. The maximum absolute atomic E-state index is 13.3. The van der Waals surface area contributed by atoms with Crippen LogP contribution in [0.5, 0.6) is 0 Å². The minimum absolute atomic E-state index is 0.0493. The monoisotopic (exact) mass is 224 g/mol. The first-order valence-corrected chi connectivity index (χ1v) is 5.73. The van der Waals surface area contributed by atoms with Crippen molar-refractivity contribution in [3.05, 3.63) is 11.5 Å². The van der Waals surface area contributed by atoms with E-state index < -0.39 is 5.82 Å². The van der Waals surface area contributed by atoms with E-state index in [0.29, 0.717) is 11.6 Å². The Balaban J connectivity index is 2.25. The van der Waals surface area contributed by atoms with Gasteiger partial charge in [-0.25, -0.2) is 9.37 Å². The molecule has 0 unspecified atom stereocenters. The number of halogens is 1. The van der Waals surface area contributed by atoms with Gasteiger partial charge in [-0.3, -0.25) is 0 Å². The van der Waals surface area contributed by atoms with Gasteiger partial charge in [-0.1, -0.05) is 12.8 Å². The average molecular weight is 224 g/mol. The van der Waals surface area contributed by atoms with Crippen LogP contribution in [0.4, 0.5) is 16.2 Å². The molecule has 1 saturated heterocycles. The van der Waals surface area contributed by atoms with E-state index in [-0.39, 0.29) is 5.82 Å². The summed E-state index contributed by atoms with van der Waals surface area (Å²) in [4.78, 5) is 10.3. The van der Waals surface area contributed by atoms with E-state index in [4.69, 9.17) is 5.73 Å². The number of aromatic nitrogens is 2. The van der Waals surface area contributed by atoms with Gasteiger partial charge in [0.15, 0.2) is 11.6 Å². The van der Waals surface area contributed by atoms with Gasteiger partial charge in [0.05, 0.1) is 5.69 Å². The molecule has 88 valence electrons. The number of rotatable bonds is 1. The summed E-state index contributed by atoms with van der Waals surface area (Å²) in [6.07, 6.45) is 4.76. The summed E-state index contributed by atoms with van der Waals surface area (Å²) in [7, 11) is 0. The maximum Gasteiger partial charge on any atom is 0.227 e. The van der Waals surface area contributed by atoms with E-state index in [1.807, 2.05) is 0 Å². The van der Waals surface area contributed by atoms with Crippen molar-refractivity contribution in [3.63, 3.8) is 0 Å². The lowest BCUT2D eigenvalue weighted by atomic mass is 10.2. The third-order valence-corrected chi connectivity index (χ3v) is 2.92. The summed E-state index contributed by atoms with van der Waals surface area (Å²) >= 11 is 0. The van der Waals surface area contributed by atoms with Crippen molar-refractivity contribution in [2.24, 2.45) is 0 Å². The topological polar surface area (TPSA) is 55.0 Å². The zero-order valence-corrected chi connectivity index (χ0v) is 9.54. The molecule has 16 heavy (non-hydrogen) atoms. The second-order valence-corrected chi connectivity index (χ2v) is 4.21. The lowest BCUT2D eigenvalue weighted by Gasteiger charge is -2.20. The molecule has 2 heterocycles. The SMILES string of the molecule is Cc1nc(N2CCCCCC2)nc(N)c1F. The zero-order chi connectivity index (χ0) is 11.5. The Morgan fingerprint density at radius 2 is 1.75 bits per heavy atom. The molecule has 1 fully saturated rings. The average Bonchev–Trinajstić information content (AvgIpc) is 2.53. The molecule has 0 radical (unpaired) electrons. The quantitative estimate of drug-likeness (QED) is 0.791. The number of aryl methyl sites for hydroxylation is 1. The largest absolute Gasteiger partial charge is 0.381 e. The van der Waals surface area contributed by atoms with Crippen LogP contribution in [0.15, 0.2) is 0 Å². The summed E-state index contributed by atoms with van der Waals surface area (Å²) in [6.45, 7) is 3.49. The van der Waals surface area contributed by atoms with Crippen LogP contribution >= 0.6 is 0 Å². The number of hydrogen-bond acceptors (Lipinski definition) is 4. The molecule has 2 rings (SSSR count). The minimum Gasteiger partial charge on any atom is -0.381 e. The van der Waals surface area contributed by atoms with Crippen molar-refractivity contribution in [2.45, 2.75) is 32.6 Å². The molecule has 0 aromatic carbocycles. The molecule has 0 spiro atoms. The highest BCUT2D eigenvalue weighted by molar-refractivity contribution is 5.41. The predicted molar refractivity (Wildman–Crippen MR) is 61.8 cm³/mol. The van der Waals surface area contributed by atoms with E-state index in [1.165, 1.54) is 12.8 Å². The zero-order valence-electron chi connectivity index (χ0n) is 9.54. The second kappa shape index (κ2) is 4.63. The van der Waals surface area contributed by atoms with Gasteiger partial charge >= 0.3 is 0 Å². The van der Waals surface area contributed by atoms with Crippen molar-refractivity contribution in [2.75, 3.05) is 23.7 Å². The third kappa shape index (κ3) is 2.23. The molecule has 1 aromatic heterocycles. The summed E-state index contributed by atoms with van der Waals surface area (Å²) in [5, 5.41) is 0. The summed E-state index contributed by atoms with van der Waals surface area (Å²) in [6, 6.07) is 0. The van der Waals surface area contributed by atoms with E-state index >= 15 is 0 Å². The van der Waals surface area contributed by atoms with E-state index in [2.05, 4.69) is 14.9 Å². The standard InChI is InChI=1S/C11H17FN4/c1-8-9(12)10(13)15-11(14-8)16-6-4-2-3-5-7-16/h2-7H2,1H3,(H2,13,14,15). The van der Waals surface area contributed by atoms with Crippen molar-refractivity contribution in [1.29, 1.82) is 0 Å². The summed E-state index contributed by atoms with van der Waals surface area (Å²) in [5.74, 6) is 0.0172. The van der Waals surface area contributed by atoms with Gasteiger partial charge in [0.25, 0.3) is 0 Å². The van der Waals surface area contributed by atoms with E-state index in [1.54, 1.807) is 6.92 Å². The van der Waals surface area contributed by atoms with E-state index in [0.717, 1.165) is 25.9 Å². The highest BCUT2D eigenvalue weighted by Gasteiger charge is 2.15. The van der Waals surface area contributed by atoms with Crippen molar-refractivity contribution < 1.29 is 4.39 Å². The lowest BCUT2D eigenvalue weighted by Crippen LogP contribution is -2.26. The Morgan fingerprint density at radius 1 is 1.12 bits per heavy atom. The highest BCUT2D eigenvalue weighted by Crippen LogP contribution is 2.19. The van der Waals surface area contributed by atoms with Crippen LogP contribution in [-0.2, 0) is 0 Å². The third-order valence-electron chi connectivity index (χ3n) is 2.92. The molecular formula is C11H17FN4. The lowest BCUT2D eigenvalue weighted by molar-refractivity contribution is 0.604. The summed E-state index contributed by atoms with van der Waals surface area (Å²) < 4.78 is 13.3. The van der Waals surface area contributed by atoms with Gasteiger partial charge in [0, 0.05) is 13.1 Å². The summed E-state index contributed by atoms with van der Waals surface area (Å²) in [5.41, 5.74) is 5.84. The van der Waals surface area contributed by atoms with Crippen molar-refractivity contribution in [3.8, 4) is 0 Å². The van der Waals surface area contributed by atoms with Gasteiger partial charge in [-0.15, -0.1) is 0 Å². The molecule has 0 atom stereocenters. The molecule has 4 nitrogen and oxygen atoms in total. The second-order valence-electron chi connectivity index (χ2n) is 4.21. The molecule has 1 aliphatic rings. The maximum atomic E-state index is 13.3. The molecular weight excluding hydrogens is 207 g/mol. The van der Waals surface area contributed by atoms with Gasteiger partial charge < -0.3 is 10.6 Å². The Kier molecular flexibility index (Phi) is 3.22. The van der Waals surface area contributed by atoms with Crippen LogP contribution in [0, 0.1) is 12.7 Å². The van der Waals surface area contributed by atoms with Crippen LogP contribution in [-0.4, -0.2) is 23.1 Å². The first-order valence-electron chi connectivity index (χ1n) is 5.73. The van der Waals surface area contributed by atoms with Crippen molar-refractivity contribution >= 4 is 11.8 Å². The molecule has 1 aromatic rings. The van der Waals surface area contributed by atoms with Gasteiger partial charge in [-0.05, 0) is 19.8 Å². The van der Waals surface area contributed by atoms with E-state index in [9.17, 15) is 4.39 Å². The minimum atomic E-state index is -0.501. The fraction of sp³-hybridized carbons (Fsp3) is 0.636. The Labute approximate surface area is 94.7 Å². The number of nitrogens with zero attached hydrogens (tertiary/aromatic N) is 3. The molecule has 0 bridgehead atoms. The first-order chi connectivity index (χ1) is 7.68. The van der Waals surface area contributed by atoms with Crippen LogP contribution in [0.3, 0.4) is 0 Å². The predicted octanol–water partition coefficient (Wildman–Crippen LogP) is 1.89. The first kappa shape index (κ1) is 11.1. The molecule has 0 aliphatic carbocycles. The number of hydrogen-bond donors (Lipinski definition) is 1.